The molecular weight excluding hydrogens is 208 g/mol. The fourth-order valence-corrected chi connectivity index (χ4v) is 1.89. The zero-order chi connectivity index (χ0) is 12.3. The van der Waals surface area contributed by atoms with Gasteiger partial charge in [0.1, 0.15) is 5.60 Å². The number of hydrogen-bond donors (Lipinski definition) is 1. The molecule has 0 bridgehead atoms. The molecule has 0 unspecified atom stereocenters. The van der Waals surface area contributed by atoms with Crippen LogP contribution in [0.5, 0.6) is 0 Å². The Balaban J connectivity index is 2.13. The molecule has 0 aromatic rings. The molecule has 1 N–H and O–H groups in total. The topological polar surface area (TPSA) is 63.6 Å². The van der Waals surface area contributed by atoms with E-state index in [9.17, 15) is 9.59 Å². The Hall–Kier alpha value is -1.06. The third kappa shape index (κ3) is 4.21. The van der Waals surface area contributed by atoms with Gasteiger partial charge in [0, 0.05) is 6.42 Å². The van der Waals surface area contributed by atoms with Crippen LogP contribution in [0.25, 0.3) is 0 Å². The Morgan fingerprint density at radius 2 is 1.88 bits per heavy atom. The number of aliphatic carboxylic acids is 1. The fourth-order valence-electron chi connectivity index (χ4n) is 1.89. The molecule has 0 amide bonds. The van der Waals surface area contributed by atoms with Crippen LogP contribution in [0.2, 0.25) is 0 Å². The lowest BCUT2D eigenvalue weighted by Gasteiger charge is -2.32. The number of carboxylic acids is 1. The van der Waals surface area contributed by atoms with E-state index in [0.717, 1.165) is 6.42 Å². The van der Waals surface area contributed by atoms with Gasteiger partial charge in [0.15, 0.2) is 0 Å². The van der Waals surface area contributed by atoms with Gasteiger partial charge in [-0.25, -0.2) is 0 Å². The molecule has 92 valence electrons. The number of esters is 1. The molecule has 0 aliphatic heterocycles. The summed E-state index contributed by atoms with van der Waals surface area (Å²) in [6.45, 7) is 5.53. The number of carboxylic acid groups (broad SMARTS) is 1. The van der Waals surface area contributed by atoms with E-state index in [1.54, 1.807) is 0 Å². The van der Waals surface area contributed by atoms with Gasteiger partial charge in [-0.2, -0.15) is 0 Å². The first kappa shape index (κ1) is 13.0. The highest BCUT2D eigenvalue weighted by Gasteiger charge is 2.34. The summed E-state index contributed by atoms with van der Waals surface area (Å²) in [6, 6.07) is 0. The second kappa shape index (κ2) is 4.85. The molecule has 16 heavy (non-hydrogen) atoms. The molecular formula is C12H20O4. The van der Waals surface area contributed by atoms with E-state index in [2.05, 4.69) is 0 Å². The standard InChI is InChI=1S/C12H20O4/c1-12(2,3)16-10(13)5-4-8-6-9(7-8)11(14)15/h8-9H,4-7H2,1-3H3,(H,14,15). The van der Waals surface area contributed by atoms with Crippen LogP contribution in [0.15, 0.2) is 0 Å². The molecule has 4 nitrogen and oxygen atoms in total. The summed E-state index contributed by atoms with van der Waals surface area (Å²) in [4.78, 5) is 21.9. The minimum absolute atomic E-state index is 0.189. The van der Waals surface area contributed by atoms with Gasteiger partial charge in [-0.05, 0) is 46.0 Å². The summed E-state index contributed by atoms with van der Waals surface area (Å²) in [5, 5.41) is 8.69. The minimum atomic E-state index is -0.714. The van der Waals surface area contributed by atoms with Gasteiger partial charge in [-0.3, -0.25) is 9.59 Å². The summed E-state index contributed by atoms with van der Waals surface area (Å²) < 4.78 is 5.18. The third-order valence-electron chi connectivity index (χ3n) is 2.76. The molecule has 0 saturated heterocycles. The van der Waals surface area contributed by atoms with E-state index in [1.165, 1.54) is 0 Å². The average Bonchev–Trinajstić information content (AvgIpc) is 1.96. The van der Waals surface area contributed by atoms with Crippen LogP contribution < -0.4 is 0 Å². The maximum atomic E-state index is 11.4. The molecule has 1 saturated carbocycles. The van der Waals surface area contributed by atoms with Crippen molar-refractivity contribution < 1.29 is 19.4 Å². The zero-order valence-electron chi connectivity index (χ0n) is 10.2. The van der Waals surface area contributed by atoms with Gasteiger partial charge in [-0.1, -0.05) is 0 Å². The number of rotatable bonds is 4. The summed E-state index contributed by atoms with van der Waals surface area (Å²) >= 11 is 0. The molecule has 0 atom stereocenters. The monoisotopic (exact) mass is 228 g/mol. The Bertz CT molecular complexity index is 271. The van der Waals surface area contributed by atoms with Gasteiger partial charge >= 0.3 is 11.9 Å². The number of carbonyl (C=O) groups excluding carboxylic acids is 1. The molecule has 0 aromatic heterocycles. The van der Waals surface area contributed by atoms with Crippen LogP contribution in [0.1, 0.15) is 46.5 Å². The number of ether oxygens (including phenoxy) is 1. The first-order chi connectivity index (χ1) is 7.28. The van der Waals surface area contributed by atoms with Crippen molar-refractivity contribution in [3.63, 3.8) is 0 Å². The van der Waals surface area contributed by atoms with Gasteiger partial charge in [0.05, 0.1) is 5.92 Å². The van der Waals surface area contributed by atoms with Gasteiger partial charge < -0.3 is 9.84 Å². The van der Waals surface area contributed by atoms with Crippen molar-refractivity contribution in [3.05, 3.63) is 0 Å². The fraction of sp³-hybridized carbons (Fsp3) is 0.833. The molecule has 0 spiro atoms. The van der Waals surface area contributed by atoms with E-state index in [0.29, 0.717) is 25.2 Å². The second-order valence-electron chi connectivity index (χ2n) is 5.50. The SMILES string of the molecule is CC(C)(C)OC(=O)CCC1CC(C(=O)O)C1. The zero-order valence-corrected chi connectivity index (χ0v) is 10.2. The van der Waals surface area contributed by atoms with E-state index < -0.39 is 11.6 Å². The molecule has 1 rings (SSSR count). The summed E-state index contributed by atoms with van der Waals surface area (Å²) in [6.07, 6.45) is 2.56. The summed E-state index contributed by atoms with van der Waals surface area (Å²) in [5.41, 5.74) is -0.430. The first-order valence-electron chi connectivity index (χ1n) is 5.72. The average molecular weight is 228 g/mol. The van der Waals surface area contributed by atoms with E-state index in [4.69, 9.17) is 9.84 Å². The lowest BCUT2D eigenvalue weighted by molar-refractivity contribution is -0.155. The predicted molar refractivity (Wildman–Crippen MR) is 58.9 cm³/mol. The lowest BCUT2D eigenvalue weighted by Crippen LogP contribution is -2.31. The molecule has 1 aliphatic carbocycles. The molecule has 0 heterocycles. The molecule has 4 heteroatoms. The van der Waals surface area contributed by atoms with Crippen LogP contribution in [0.3, 0.4) is 0 Å². The van der Waals surface area contributed by atoms with Gasteiger partial charge in [0.25, 0.3) is 0 Å². The Labute approximate surface area is 96.0 Å². The molecule has 1 fully saturated rings. The highest BCUT2D eigenvalue weighted by molar-refractivity contribution is 5.71. The highest BCUT2D eigenvalue weighted by atomic mass is 16.6. The minimum Gasteiger partial charge on any atom is -0.481 e. The molecule has 1 aliphatic rings. The summed E-state index contributed by atoms with van der Waals surface area (Å²) in [5.74, 6) is -0.711. The smallest absolute Gasteiger partial charge is 0.306 e. The Morgan fingerprint density at radius 3 is 2.31 bits per heavy atom. The van der Waals surface area contributed by atoms with Crippen molar-refractivity contribution in [2.24, 2.45) is 11.8 Å². The normalized spacial score (nSPS) is 24.7. The van der Waals surface area contributed by atoms with Crippen molar-refractivity contribution in [1.82, 2.24) is 0 Å². The van der Waals surface area contributed by atoms with Crippen molar-refractivity contribution in [2.75, 3.05) is 0 Å². The van der Waals surface area contributed by atoms with Crippen molar-refractivity contribution in [1.29, 1.82) is 0 Å². The quantitative estimate of drug-likeness (QED) is 0.749. The Morgan fingerprint density at radius 1 is 1.31 bits per heavy atom. The van der Waals surface area contributed by atoms with Crippen LogP contribution >= 0.6 is 0 Å². The lowest BCUT2D eigenvalue weighted by atomic mass is 9.73. The second-order valence-corrected chi connectivity index (χ2v) is 5.50. The summed E-state index contributed by atoms with van der Waals surface area (Å²) in [7, 11) is 0. The number of carbonyl (C=O) groups is 2. The third-order valence-corrected chi connectivity index (χ3v) is 2.76. The van der Waals surface area contributed by atoms with Crippen LogP contribution in [0.4, 0.5) is 0 Å². The van der Waals surface area contributed by atoms with Crippen molar-refractivity contribution in [3.8, 4) is 0 Å². The van der Waals surface area contributed by atoms with E-state index in [-0.39, 0.29) is 11.9 Å². The van der Waals surface area contributed by atoms with Crippen molar-refractivity contribution in [2.45, 2.75) is 52.1 Å². The van der Waals surface area contributed by atoms with E-state index in [1.807, 2.05) is 20.8 Å². The van der Waals surface area contributed by atoms with Gasteiger partial charge in [0.2, 0.25) is 0 Å². The van der Waals surface area contributed by atoms with Gasteiger partial charge in [-0.15, -0.1) is 0 Å². The predicted octanol–water partition coefficient (Wildman–Crippen LogP) is 2.22. The highest BCUT2D eigenvalue weighted by Crippen LogP contribution is 2.37. The Kier molecular flexibility index (Phi) is 3.94. The number of hydrogen-bond acceptors (Lipinski definition) is 3. The van der Waals surface area contributed by atoms with E-state index >= 15 is 0 Å². The molecule has 0 aromatic carbocycles. The van der Waals surface area contributed by atoms with Crippen LogP contribution in [-0.4, -0.2) is 22.6 Å². The molecule has 0 radical (unpaired) electrons. The first-order valence-corrected chi connectivity index (χ1v) is 5.72. The largest absolute Gasteiger partial charge is 0.481 e. The maximum Gasteiger partial charge on any atom is 0.306 e. The van der Waals surface area contributed by atoms with Crippen LogP contribution in [-0.2, 0) is 14.3 Å². The van der Waals surface area contributed by atoms with Crippen LogP contribution in [0, 0.1) is 11.8 Å². The maximum absolute atomic E-state index is 11.4. The van der Waals surface area contributed by atoms with Crippen molar-refractivity contribution >= 4 is 11.9 Å².